The average molecular weight is 515 g/mol. The summed E-state index contributed by atoms with van der Waals surface area (Å²) in [5.74, 6) is 0.953. The van der Waals surface area contributed by atoms with E-state index in [2.05, 4.69) is 5.16 Å². The van der Waals surface area contributed by atoms with Crippen LogP contribution in [0.1, 0.15) is 53.4 Å². The van der Waals surface area contributed by atoms with Gasteiger partial charge in [-0.3, -0.25) is 0 Å². The molecule has 1 aromatic carbocycles. The smallest absolute Gasteiger partial charge is 0.156 e. The number of nitrogens with zero attached hydrogens (tertiary/aromatic N) is 1. The van der Waals surface area contributed by atoms with Gasteiger partial charge in [0.1, 0.15) is 22.4 Å². The van der Waals surface area contributed by atoms with Crippen LogP contribution in [0.4, 0.5) is 0 Å². The van der Waals surface area contributed by atoms with Gasteiger partial charge in [-0.05, 0) is 52.5 Å². The third-order valence-electron chi connectivity index (χ3n) is 3.76. The highest BCUT2D eigenvalue weighted by Gasteiger charge is 2.12. The maximum atomic E-state index is 6.26. The van der Waals surface area contributed by atoms with Gasteiger partial charge < -0.3 is 19.0 Å². The van der Waals surface area contributed by atoms with E-state index in [-0.39, 0.29) is 16.7 Å². The number of hydrogen-bond donors (Lipinski definition) is 0. The molecule has 0 aliphatic rings. The first-order chi connectivity index (χ1) is 14.6. The lowest BCUT2D eigenvalue weighted by molar-refractivity contribution is -0.000918. The summed E-state index contributed by atoms with van der Waals surface area (Å²) in [5.41, 5.74) is 0.604. The van der Waals surface area contributed by atoms with Crippen molar-refractivity contribution in [1.29, 1.82) is 0 Å². The van der Waals surface area contributed by atoms with E-state index >= 15 is 0 Å². The fraction of sp³-hybridized carbons (Fsp3) is 0.591. The van der Waals surface area contributed by atoms with E-state index < -0.39 is 0 Å². The van der Waals surface area contributed by atoms with Crippen molar-refractivity contribution < 1.29 is 19.0 Å². The number of unbranched alkanes of at least 4 members (excludes halogenated alkanes) is 2. The highest BCUT2D eigenvalue weighted by atomic mass is 35.5. The number of rotatable bonds is 14. The van der Waals surface area contributed by atoms with Crippen LogP contribution < -0.4 is 9.47 Å². The van der Waals surface area contributed by atoms with Gasteiger partial charge in [0.15, 0.2) is 5.75 Å². The van der Waals surface area contributed by atoms with Crippen molar-refractivity contribution in [2.45, 2.75) is 59.0 Å². The van der Waals surface area contributed by atoms with Gasteiger partial charge in [-0.2, -0.15) is 0 Å². The van der Waals surface area contributed by atoms with Gasteiger partial charge in [0.2, 0.25) is 0 Å². The molecule has 0 bridgehead atoms. The van der Waals surface area contributed by atoms with Crippen LogP contribution in [0.25, 0.3) is 0 Å². The fourth-order valence-electron chi connectivity index (χ4n) is 2.20. The molecule has 0 radical (unpaired) electrons. The summed E-state index contributed by atoms with van der Waals surface area (Å²) in [6.45, 7) is 9.79. The van der Waals surface area contributed by atoms with E-state index in [9.17, 15) is 0 Å². The van der Waals surface area contributed by atoms with Crippen molar-refractivity contribution in [1.82, 2.24) is 0 Å². The molecule has 0 N–H and O–H groups in total. The summed E-state index contributed by atoms with van der Waals surface area (Å²) < 4.78 is 17.0. The lowest BCUT2D eigenvalue weighted by atomic mass is 10.2. The topological polar surface area (TPSA) is 49.3 Å². The van der Waals surface area contributed by atoms with Crippen molar-refractivity contribution in [2.24, 2.45) is 5.16 Å². The molecule has 0 saturated carbocycles. The van der Waals surface area contributed by atoms with E-state index in [0.717, 1.165) is 31.4 Å². The van der Waals surface area contributed by atoms with Gasteiger partial charge in [-0.1, -0.05) is 58.5 Å². The first kappa shape index (κ1) is 28.2. The zero-order chi connectivity index (χ0) is 23.3. The minimum atomic E-state index is -0.296. The Morgan fingerprint density at radius 2 is 1.65 bits per heavy atom. The van der Waals surface area contributed by atoms with E-state index in [1.165, 1.54) is 6.08 Å². The zero-order valence-electron chi connectivity index (χ0n) is 18.5. The maximum Gasteiger partial charge on any atom is 0.156 e. The molecule has 1 rings (SSSR count). The molecule has 0 aliphatic carbocycles. The lowest BCUT2D eigenvalue weighted by Gasteiger charge is -2.16. The molecule has 9 heteroatoms. The molecule has 0 saturated heterocycles. The Balaban J connectivity index is 2.27. The van der Waals surface area contributed by atoms with Gasteiger partial charge in [0.05, 0.1) is 29.0 Å². The second kappa shape index (κ2) is 15.1. The number of ether oxygens (including phenoxy) is 3. The van der Waals surface area contributed by atoms with Crippen LogP contribution >= 0.6 is 46.4 Å². The molecule has 0 aromatic heterocycles. The SMILES string of the molecule is CC/C(COCCCCCOc1c(Cl)cc(OCC=C(Cl)Cl)cc1Cl)=N\OC(C)(C)C. The summed E-state index contributed by atoms with van der Waals surface area (Å²) >= 11 is 23.6. The minimum Gasteiger partial charge on any atom is -0.490 e. The Hall–Kier alpha value is -0.850. The van der Waals surface area contributed by atoms with Crippen LogP contribution in [0.15, 0.2) is 27.9 Å². The average Bonchev–Trinajstić information content (AvgIpc) is 2.66. The fourth-order valence-corrected chi connectivity index (χ4v) is 2.90. The van der Waals surface area contributed by atoms with Crippen LogP contribution in [-0.2, 0) is 9.57 Å². The minimum absolute atomic E-state index is 0.135. The Kier molecular flexibility index (Phi) is 13.7. The molecule has 0 unspecified atom stereocenters. The molecule has 0 fully saturated rings. The van der Waals surface area contributed by atoms with E-state index in [1.54, 1.807) is 12.1 Å². The van der Waals surface area contributed by atoms with E-state index in [4.69, 9.17) is 65.5 Å². The summed E-state index contributed by atoms with van der Waals surface area (Å²) in [6, 6.07) is 3.28. The monoisotopic (exact) mass is 513 g/mol. The first-order valence-electron chi connectivity index (χ1n) is 10.2. The maximum absolute atomic E-state index is 6.26. The summed E-state index contributed by atoms with van der Waals surface area (Å²) in [6.07, 6.45) is 5.06. The molecule has 0 heterocycles. The Morgan fingerprint density at radius 1 is 1.00 bits per heavy atom. The highest BCUT2D eigenvalue weighted by molar-refractivity contribution is 6.55. The van der Waals surface area contributed by atoms with Crippen LogP contribution in [0.5, 0.6) is 11.5 Å². The van der Waals surface area contributed by atoms with Crippen LogP contribution in [0.3, 0.4) is 0 Å². The largest absolute Gasteiger partial charge is 0.490 e. The van der Waals surface area contributed by atoms with Crippen LogP contribution in [-0.4, -0.2) is 37.7 Å². The number of oxime groups is 1. The predicted octanol–water partition coefficient (Wildman–Crippen LogP) is 7.84. The lowest BCUT2D eigenvalue weighted by Crippen LogP contribution is -2.18. The third kappa shape index (κ3) is 13.3. The van der Waals surface area contributed by atoms with Gasteiger partial charge >= 0.3 is 0 Å². The van der Waals surface area contributed by atoms with Crippen molar-refractivity contribution in [3.63, 3.8) is 0 Å². The molecular formula is C22H31Cl4NO4. The molecule has 176 valence electrons. The predicted molar refractivity (Wildman–Crippen MR) is 130 cm³/mol. The molecule has 0 aliphatic heterocycles. The molecule has 0 atom stereocenters. The number of benzene rings is 1. The quantitative estimate of drug-likeness (QED) is 0.144. The number of hydrogen-bond acceptors (Lipinski definition) is 5. The van der Waals surface area contributed by atoms with Gasteiger partial charge in [0, 0.05) is 18.7 Å². The summed E-state index contributed by atoms with van der Waals surface area (Å²) in [7, 11) is 0. The second-order valence-corrected chi connectivity index (χ2v) is 9.52. The molecule has 31 heavy (non-hydrogen) atoms. The van der Waals surface area contributed by atoms with Crippen molar-refractivity contribution in [3.8, 4) is 11.5 Å². The molecular weight excluding hydrogens is 484 g/mol. The van der Waals surface area contributed by atoms with Crippen molar-refractivity contribution >= 4 is 52.1 Å². The standard InChI is InChI=1S/C22H31Cl4NO4/c1-5-16(27-31-22(2,3)4)15-28-10-7-6-8-11-30-21-18(23)13-17(14-19(21)24)29-12-9-20(25)26/h9,13-14H,5-8,10-12,15H2,1-4H3/b27-16+. The van der Waals surface area contributed by atoms with E-state index in [0.29, 0.717) is 41.4 Å². The Bertz CT molecular complexity index is 706. The molecule has 5 nitrogen and oxygen atoms in total. The van der Waals surface area contributed by atoms with Gasteiger partial charge in [-0.25, -0.2) is 0 Å². The van der Waals surface area contributed by atoms with Gasteiger partial charge in [-0.15, -0.1) is 0 Å². The van der Waals surface area contributed by atoms with Crippen molar-refractivity contribution in [3.05, 3.63) is 32.7 Å². The number of halogens is 4. The second-order valence-electron chi connectivity index (χ2n) is 7.70. The molecule has 0 spiro atoms. The Morgan fingerprint density at radius 3 is 2.23 bits per heavy atom. The Labute approximate surface area is 205 Å². The summed E-state index contributed by atoms with van der Waals surface area (Å²) in [4.78, 5) is 5.44. The third-order valence-corrected chi connectivity index (χ3v) is 4.63. The zero-order valence-corrected chi connectivity index (χ0v) is 21.5. The normalized spacial score (nSPS) is 11.9. The highest BCUT2D eigenvalue weighted by Crippen LogP contribution is 2.37. The first-order valence-corrected chi connectivity index (χ1v) is 11.7. The van der Waals surface area contributed by atoms with Crippen LogP contribution in [0, 0.1) is 0 Å². The van der Waals surface area contributed by atoms with Gasteiger partial charge in [0.25, 0.3) is 0 Å². The molecule has 1 aromatic rings. The van der Waals surface area contributed by atoms with E-state index in [1.807, 2.05) is 27.7 Å². The molecule has 0 amide bonds. The van der Waals surface area contributed by atoms with Crippen molar-refractivity contribution in [2.75, 3.05) is 26.4 Å². The van der Waals surface area contributed by atoms with Crippen LogP contribution in [0.2, 0.25) is 10.0 Å². The summed E-state index contributed by atoms with van der Waals surface area (Å²) in [5, 5.41) is 4.93.